The predicted octanol–water partition coefficient (Wildman–Crippen LogP) is 32.0. The number of rotatable bonds is 81. The highest BCUT2D eigenvalue weighted by molar-refractivity contribution is 5.69. The average Bonchev–Trinajstić information content (AvgIpc) is 3.57. The predicted molar refractivity (Wildman–Crippen MR) is 418 cm³/mol. The Morgan fingerprint density at radius 3 is 0.426 bits per heavy atom. The molecule has 0 saturated heterocycles. The van der Waals surface area contributed by atoms with Gasteiger partial charge in [-0.2, -0.15) is 0 Å². The van der Waals surface area contributed by atoms with E-state index in [0.717, 1.165) is 38.5 Å². The van der Waals surface area contributed by atoms with Gasteiger partial charge < -0.3 is 14.9 Å². The van der Waals surface area contributed by atoms with Crippen LogP contribution in [0.4, 0.5) is 0 Å². The van der Waals surface area contributed by atoms with Crippen LogP contribution in [-0.4, -0.2) is 34.7 Å². The molecule has 2 N–H and O–H groups in total. The maximum Gasteiger partial charge on any atom is 0.305 e. The van der Waals surface area contributed by atoms with Crippen molar-refractivity contribution in [3.05, 3.63) is 0 Å². The van der Waals surface area contributed by atoms with Crippen molar-refractivity contribution in [1.82, 2.24) is 0 Å². The van der Waals surface area contributed by atoms with Crippen LogP contribution in [0.15, 0.2) is 0 Å². The Balaban J connectivity index is -0.00000145. The standard InChI is InChI=1S/C44H88O2.2C22H44O2/c1-3-5-7-9-11-13-15-17-19-21-23-25-27-29-31-33-35-37-39-41-43-46-44(45)42-40-38-36-34-32-30-28-26-24-22-20-18-16-14-12-10-8-6-4-2;2*1-2-3-4-5-6-7-8-9-10-11-12-13-14-15-16-17-18-19-20-21-22(23)24/h3-43H2,1-2H3;2*2-21H2,1H3,(H,23,24). The second kappa shape index (κ2) is 93.5. The van der Waals surface area contributed by atoms with Crippen molar-refractivity contribution in [3.8, 4) is 0 Å². The summed E-state index contributed by atoms with van der Waals surface area (Å²) in [6.07, 6.45) is 107. The Bertz CT molecular complexity index is 1300. The first-order chi connectivity index (χ1) is 46.3. The molecule has 0 aliphatic carbocycles. The van der Waals surface area contributed by atoms with Crippen LogP contribution in [0.5, 0.6) is 0 Å². The highest BCUT2D eigenvalue weighted by atomic mass is 16.5. The first kappa shape index (κ1) is 96.6. The summed E-state index contributed by atoms with van der Waals surface area (Å²) < 4.78 is 5.48. The van der Waals surface area contributed by atoms with Crippen LogP contribution >= 0.6 is 0 Å². The van der Waals surface area contributed by atoms with Gasteiger partial charge in [0.05, 0.1) is 6.61 Å². The highest BCUT2D eigenvalue weighted by Gasteiger charge is 2.05. The molecule has 0 aliphatic rings. The minimum absolute atomic E-state index is 0.0322. The number of hydrogen-bond acceptors (Lipinski definition) is 4. The van der Waals surface area contributed by atoms with E-state index < -0.39 is 11.9 Å². The highest BCUT2D eigenvalue weighted by Crippen LogP contribution is 2.21. The number of carboxylic acids is 2. The fourth-order valence-electron chi connectivity index (χ4n) is 13.7. The van der Waals surface area contributed by atoms with E-state index in [-0.39, 0.29) is 5.97 Å². The lowest BCUT2D eigenvalue weighted by Crippen LogP contribution is -2.05. The zero-order valence-corrected chi connectivity index (χ0v) is 65.3. The van der Waals surface area contributed by atoms with Crippen LogP contribution in [-0.2, 0) is 19.1 Å². The van der Waals surface area contributed by atoms with Crippen LogP contribution in [0.1, 0.15) is 541 Å². The zero-order valence-electron chi connectivity index (χ0n) is 65.3. The Hall–Kier alpha value is -1.59. The van der Waals surface area contributed by atoms with Crippen LogP contribution in [0.3, 0.4) is 0 Å². The lowest BCUT2D eigenvalue weighted by Gasteiger charge is -2.06. The molecule has 0 atom stereocenters. The molecule has 6 heteroatoms. The molecule has 6 nitrogen and oxygen atoms in total. The third kappa shape index (κ3) is 101. The molecular weight excluding hydrogens is 1150 g/mol. The molecule has 0 aliphatic heterocycles. The van der Waals surface area contributed by atoms with Gasteiger partial charge in [0.2, 0.25) is 0 Å². The van der Waals surface area contributed by atoms with Crippen molar-refractivity contribution in [3.63, 3.8) is 0 Å². The summed E-state index contributed by atoms with van der Waals surface area (Å²) in [4.78, 5) is 32.8. The molecule has 0 heterocycles. The topological polar surface area (TPSA) is 101 Å². The van der Waals surface area contributed by atoms with Gasteiger partial charge in [-0.05, 0) is 25.7 Å². The molecule has 0 rings (SSSR count). The van der Waals surface area contributed by atoms with Gasteiger partial charge in [-0.15, -0.1) is 0 Å². The lowest BCUT2D eigenvalue weighted by atomic mass is 10.0. The first-order valence-corrected chi connectivity index (χ1v) is 43.9. The van der Waals surface area contributed by atoms with E-state index >= 15 is 0 Å². The van der Waals surface area contributed by atoms with Crippen LogP contribution < -0.4 is 0 Å². The number of unbranched alkanes of at least 4 members (excludes halogenated alkanes) is 73. The van der Waals surface area contributed by atoms with Gasteiger partial charge in [0.15, 0.2) is 0 Å². The van der Waals surface area contributed by atoms with Gasteiger partial charge in [0, 0.05) is 19.3 Å². The van der Waals surface area contributed by atoms with Gasteiger partial charge >= 0.3 is 17.9 Å². The third-order valence-electron chi connectivity index (χ3n) is 20.2. The quantitative estimate of drug-likeness (QED) is 0.0465. The summed E-state index contributed by atoms with van der Waals surface area (Å²) >= 11 is 0. The SMILES string of the molecule is CCCCCCCCCCCCCCCCCCCCCC(=O)O.CCCCCCCCCCCCCCCCCCCCCC(=O)O.CCCCCCCCCCCCCCCCCCCCCCOC(=O)CCCCCCCCCCCCCCCCCCCCC. The number of carboxylic acid groups (broad SMARTS) is 2. The molecule has 0 fully saturated rings. The number of hydrogen-bond donors (Lipinski definition) is 2. The van der Waals surface area contributed by atoms with Crippen molar-refractivity contribution in [1.29, 1.82) is 0 Å². The van der Waals surface area contributed by atoms with Gasteiger partial charge in [0.25, 0.3) is 0 Å². The van der Waals surface area contributed by atoms with Crippen molar-refractivity contribution < 1.29 is 29.3 Å². The molecule has 0 unspecified atom stereocenters. The summed E-state index contributed by atoms with van der Waals surface area (Å²) in [6.45, 7) is 9.80. The van der Waals surface area contributed by atoms with E-state index in [9.17, 15) is 14.4 Å². The Morgan fingerprint density at radius 1 is 0.170 bits per heavy atom. The summed E-state index contributed by atoms with van der Waals surface area (Å²) in [5, 5.41) is 17.1. The molecule has 0 aromatic rings. The maximum atomic E-state index is 12.0. The molecule has 94 heavy (non-hydrogen) atoms. The molecule has 0 amide bonds. The Labute approximate surface area is 592 Å². The van der Waals surface area contributed by atoms with Gasteiger partial charge in [0.1, 0.15) is 0 Å². The number of aliphatic carboxylic acids is 2. The molecule has 0 aromatic heterocycles. The van der Waals surface area contributed by atoms with Crippen molar-refractivity contribution in [2.24, 2.45) is 0 Å². The van der Waals surface area contributed by atoms with E-state index in [1.54, 1.807) is 0 Å². The largest absolute Gasteiger partial charge is 0.481 e. The fraction of sp³-hybridized carbons (Fsp3) is 0.966. The first-order valence-electron chi connectivity index (χ1n) is 43.9. The minimum atomic E-state index is -0.651. The number of ether oxygens (including phenoxy) is 1. The second-order valence-electron chi connectivity index (χ2n) is 30.1. The van der Waals surface area contributed by atoms with E-state index in [2.05, 4.69) is 27.7 Å². The number of esters is 1. The van der Waals surface area contributed by atoms with Crippen molar-refractivity contribution in [2.75, 3.05) is 6.61 Å². The van der Waals surface area contributed by atoms with Crippen LogP contribution in [0, 0.1) is 0 Å². The summed E-state index contributed by atoms with van der Waals surface area (Å²) in [6, 6.07) is 0. The van der Waals surface area contributed by atoms with Crippen LogP contribution in [0.2, 0.25) is 0 Å². The molecule has 0 spiro atoms. The molecule has 0 bridgehead atoms. The van der Waals surface area contributed by atoms with Gasteiger partial charge in [-0.3, -0.25) is 14.4 Å². The molecule has 0 radical (unpaired) electrons. The van der Waals surface area contributed by atoms with E-state index in [1.165, 1.54) is 456 Å². The molecule has 0 saturated carbocycles. The molecular formula is C88H176O6. The Morgan fingerprint density at radius 2 is 0.287 bits per heavy atom. The summed E-state index contributed by atoms with van der Waals surface area (Å²) in [5.41, 5.74) is 0. The monoisotopic (exact) mass is 1330 g/mol. The second-order valence-corrected chi connectivity index (χ2v) is 30.1. The maximum absolute atomic E-state index is 12.0. The van der Waals surface area contributed by atoms with Gasteiger partial charge in [-0.25, -0.2) is 0 Å². The van der Waals surface area contributed by atoms with Crippen molar-refractivity contribution >= 4 is 17.9 Å². The summed E-state index contributed by atoms with van der Waals surface area (Å²) in [7, 11) is 0. The number of carbonyl (C=O) groups excluding carboxylic acids is 1. The van der Waals surface area contributed by atoms with Gasteiger partial charge in [-0.1, -0.05) is 496 Å². The van der Waals surface area contributed by atoms with Crippen molar-refractivity contribution in [2.45, 2.75) is 541 Å². The van der Waals surface area contributed by atoms with E-state index in [1.807, 2.05) is 0 Å². The van der Waals surface area contributed by atoms with E-state index in [4.69, 9.17) is 14.9 Å². The lowest BCUT2D eigenvalue weighted by molar-refractivity contribution is -0.144. The summed E-state index contributed by atoms with van der Waals surface area (Å²) in [5.74, 6) is -1.27. The van der Waals surface area contributed by atoms with E-state index in [0.29, 0.717) is 25.9 Å². The molecule has 0 aromatic carbocycles. The minimum Gasteiger partial charge on any atom is -0.481 e. The normalized spacial score (nSPS) is 11.2. The Kier molecular flexibility index (Phi) is 96.0. The molecule has 564 valence electrons. The zero-order chi connectivity index (χ0) is 68.7. The third-order valence-corrected chi connectivity index (χ3v) is 20.2. The average molecular weight is 1330 g/mol. The smallest absolute Gasteiger partial charge is 0.305 e. The van der Waals surface area contributed by atoms with Crippen LogP contribution in [0.25, 0.3) is 0 Å². The number of carbonyl (C=O) groups is 3. The fourth-order valence-corrected chi connectivity index (χ4v) is 13.7.